The Morgan fingerprint density at radius 3 is 2.46 bits per heavy atom. The fourth-order valence-electron chi connectivity index (χ4n) is 1.58. The summed E-state index contributed by atoms with van der Waals surface area (Å²) in [6, 6.07) is 0. The Balaban J connectivity index is 2.41. The van der Waals surface area contributed by atoms with Gasteiger partial charge in [-0.3, -0.25) is 4.90 Å². The number of hydrogen-bond acceptors (Lipinski definition) is 4. The smallest absolute Gasteiger partial charge is 0.183 e. The van der Waals surface area contributed by atoms with Crippen LogP contribution < -0.4 is 0 Å². The second-order valence-electron chi connectivity index (χ2n) is 3.24. The Kier molecular flexibility index (Phi) is 5.14. The van der Waals surface area contributed by atoms with Gasteiger partial charge in [0.25, 0.3) is 0 Å². The maximum Gasteiger partial charge on any atom is 0.183 e. The average molecular weight is 207 g/mol. The zero-order chi connectivity index (χ0) is 9.68. The lowest BCUT2D eigenvalue weighted by molar-refractivity contribution is 0.0276. The van der Waals surface area contributed by atoms with E-state index in [-0.39, 0.29) is 5.78 Å². The number of nitrogens with zero attached hydrogens (tertiary/aromatic N) is 1. The summed E-state index contributed by atoms with van der Waals surface area (Å²) in [4.78, 5) is 20.6. The van der Waals surface area contributed by atoms with E-state index >= 15 is 0 Å². The molecule has 0 aromatic heterocycles. The molecule has 1 heterocycles. The Labute approximate surface area is 80.4 Å². The van der Waals surface area contributed by atoms with Gasteiger partial charge in [0, 0.05) is 13.1 Å². The van der Waals surface area contributed by atoms with Crippen molar-refractivity contribution in [2.75, 3.05) is 26.3 Å². The molecule has 1 aliphatic rings. The van der Waals surface area contributed by atoms with Crippen LogP contribution in [0, 0.1) is 0 Å². The summed E-state index contributed by atoms with van der Waals surface area (Å²) >= 11 is 0. The molecular weight excluding hydrogens is 189 g/mol. The second kappa shape index (κ2) is 5.89. The molecule has 1 atom stereocenters. The van der Waals surface area contributed by atoms with Crippen LogP contribution in [0.25, 0.3) is 0 Å². The normalized spacial score (nSPS) is 22.2. The predicted octanol–water partition coefficient (Wildman–Crippen LogP) is 0.741. The van der Waals surface area contributed by atoms with Gasteiger partial charge in [-0.15, -0.1) is 0 Å². The fourth-order valence-corrected chi connectivity index (χ4v) is 2.59. The first-order valence-electron chi connectivity index (χ1n) is 4.74. The lowest BCUT2D eigenvalue weighted by atomic mass is 10.3. The van der Waals surface area contributed by atoms with Crippen molar-refractivity contribution in [1.82, 2.24) is 4.90 Å². The third-order valence-electron chi connectivity index (χ3n) is 2.28. The van der Waals surface area contributed by atoms with Gasteiger partial charge in [-0.2, -0.15) is 0 Å². The average Bonchev–Trinajstić information content (AvgIpc) is 2.15. The number of morpholine rings is 1. The van der Waals surface area contributed by atoms with Gasteiger partial charge >= 0.3 is 0 Å². The highest BCUT2D eigenvalue weighted by Crippen LogP contribution is 2.36. The summed E-state index contributed by atoms with van der Waals surface area (Å²) in [6.07, 6.45) is 1.85. The molecule has 1 rings (SSSR count). The minimum absolute atomic E-state index is 0.0519. The van der Waals surface area contributed by atoms with E-state index in [2.05, 4.69) is 11.8 Å². The topological polar surface area (TPSA) is 52.9 Å². The number of hydrogen-bond donors (Lipinski definition) is 2. The highest BCUT2D eigenvalue weighted by atomic mass is 31.2. The molecule has 1 saturated heterocycles. The SMILES string of the molecule is CCCC(N1CCOCC1)P(O)O. The van der Waals surface area contributed by atoms with E-state index < -0.39 is 8.38 Å². The van der Waals surface area contributed by atoms with E-state index in [1.165, 1.54) is 0 Å². The summed E-state index contributed by atoms with van der Waals surface area (Å²) in [7, 11) is -1.82. The molecule has 0 aliphatic carbocycles. The summed E-state index contributed by atoms with van der Waals surface area (Å²) in [5, 5.41) is 0. The van der Waals surface area contributed by atoms with Crippen LogP contribution in [0.2, 0.25) is 0 Å². The molecule has 0 aromatic carbocycles. The zero-order valence-electron chi connectivity index (χ0n) is 8.02. The van der Waals surface area contributed by atoms with E-state index in [0.29, 0.717) is 13.2 Å². The molecule has 0 saturated carbocycles. The molecular formula is C8H18NO3P. The maximum atomic E-state index is 9.23. The summed E-state index contributed by atoms with van der Waals surface area (Å²) in [5.74, 6) is -0.0519. The Bertz CT molecular complexity index is 139. The molecule has 1 aliphatic heterocycles. The molecule has 0 bridgehead atoms. The van der Waals surface area contributed by atoms with E-state index in [1.807, 2.05) is 0 Å². The first kappa shape index (κ1) is 11.3. The van der Waals surface area contributed by atoms with Gasteiger partial charge in [-0.25, -0.2) is 0 Å². The number of ether oxygens (including phenoxy) is 1. The van der Waals surface area contributed by atoms with Crippen molar-refractivity contribution in [3.63, 3.8) is 0 Å². The van der Waals surface area contributed by atoms with Crippen LogP contribution in [0.4, 0.5) is 0 Å². The van der Waals surface area contributed by atoms with Crippen LogP contribution in [-0.4, -0.2) is 46.8 Å². The molecule has 2 N–H and O–H groups in total. The molecule has 78 valence electrons. The highest BCUT2D eigenvalue weighted by molar-refractivity contribution is 7.45. The quantitative estimate of drug-likeness (QED) is 0.668. The van der Waals surface area contributed by atoms with Gasteiger partial charge in [0.1, 0.15) is 0 Å². The van der Waals surface area contributed by atoms with E-state index in [9.17, 15) is 9.79 Å². The van der Waals surface area contributed by atoms with Gasteiger partial charge in [0.2, 0.25) is 0 Å². The molecule has 13 heavy (non-hydrogen) atoms. The molecule has 0 spiro atoms. The van der Waals surface area contributed by atoms with Crippen LogP contribution in [0.15, 0.2) is 0 Å². The predicted molar refractivity (Wildman–Crippen MR) is 52.4 cm³/mol. The van der Waals surface area contributed by atoms with Crippen molar-refractivity contribution < 1.29 is 14.5 Å². The van der Waals surface area contributed by atoms with Gasteiger partial charge in [0.05, 0.1) is 19.0 Å². The van der Waals surface area contributed by atoms with Crippen molar-refractivity contribution in [1.29, 1.82) is 0 Å². The van der Waals surface area contributed by atoms with Crippen LogP contribution in [-0.2, 0) is 4.74 Å². The summed E-state index contributed by atoms with van der Waals surface area (Å²) in [5.41, 5.74) is 0. The summed E-state index contributed by atoms with van der Waals surface area (Å²) < 4.78 is 5.21. The maximum absolute atomic E-state index is 9.23. The minimum atomic E-state index is -1.82. The van der Waals surface area contributed by atoms with Gasteiger partial charge < -0.3 is 14.5 Å². The minimum Gasteiger partial charge on any atom is -0.379 e. The third kappa shape index (κ3) is 3.49. The molecule has 0 aromatic rings. The van der Waals surface area contributed by atoms with Crippen LogP contribution in [0.5, 0.6) is 0 Å². The van der Waals surface area contributed by atoms with Crippen molar-refractivity contribution in [2.24, 2.45) is 0 Å². The lowest BCUT2D eigenvalue weighted by Gasteiger charge is -2.34. The van der Waals surface area contributed by atoms with Crippen LogP contribution >= 0.6 is 8.38 Å². The van der Waals surface area contributed by atoms with Crippen molar-refractivity contribution >= 4 is 8.38 Å². The molecule has 0 radical (unpaired) electrons. The monoisotopic (exact) mass is 207 g/mol. The Hall–Kier alpha value is 0.270. The van der Waals surface area contributed by atoms with Gasteiger partial charge in [0.15, 0.2) is 8.38 Å². The van der Waals surface area contributed by atoms with E-state index in [4.69, 9.17) is 4.74 Å². The fraction of sp³-hybridized carbons (Fsp3) is 1.00. The van der Waals surface area contributed by atoms with Crippen LogP contribution in [0.3, 0.4) is 0 Å². The number of rotatable bonds is 4. The third-order valence-corrected chi connectivity index (χ3v) is 3.40. The largest absolute Gasteiger partial charge is 0.379 e. The second-order valence-corrected chi connectivity index (χ2v) is 4.47. The lowest BCUT2D eigenvalue weighted by Crippen LogP contribution is -2.42. The van der Waals surface area contributed by atoms with E-state index in [1.54, 1.807) is 0 Å². The van der Waals surface area contributed by atoms with Crippen molar-refractivity contribution in [3.05, 3.63) is 0 Å². The molecule has 1 unspecified atom stereocenters. The Morgan fingerprint density at radius 1 is 1.38 bits per heavy atom. The molecule has 0 amide bonds. The Morgan fingerprint density at radius 2 is 2.00 bits per heavy atom. The first-order chi connectivity index (χ1) is 6.25. The zero-order valence-corrected chi connectivity index (χ0v) is 8.91. The van der Waals surface area contributed by atoms with Crippen molar-refractivity contribution in [3.8, 4) is 0 Å². The highest BCUT2D eigenvalue weighted by Gasteiger charge is 2.25. The molecule has 1 fully saturated rings. The van der Waals surface area contributed by atoms with Gasteiger partial charge in [-0.05, 0) is 6.42 Å². The first-order valence-corrected chi connectivity index (χ1v) is 6.06. The standard InChI is InChI=1S/C8H18NO3P/c1-2-3-8(13(10)11)9-4-6-12-7-5-9/h8,10-11H,2-7H2,1H3. The summed E-state index contributed by atoms with van der Waals surface area (Å²) in [6.45, 7) is 5.13. The van der Waals surface area contributed by atoms with E-state index in [0.717, 1.165) is 25.9 Å². The van der Waals surface area contributed by atoms with Gasteiger partial charge in [-0.1, -0.05) is 13.3 Å². The van der Waals surface area contributed by atoms with Crippen molar-refractivity contribution in [2.45, 2.75) is 25.5 Å². The molecule has 5 heteroatoms. The van der Waals surface area contributed by atoms with Crippen LogP contribution in [0.1, 0.15) is 19.8 Å². The molecule has 4 nitrogen and oxygen atoms in total.